The predicted octanol–water partition coefficient (Wildman–Crippen LogP) is 4.07. The molecule has 0 unspecified atom stereocenters. The molecule has 0 spiro atoms. The van der Waals surface area contributed by atoms with Crippen LogP contribution in [0, 0.1) is 0 Å². The summed E-state index contributed by atoms with van der Waals surface area (Å²) in [6.07, 6.45) is 0.468. The van der Waals surface area contributed by atoms with Crippen molar-refractivity contribution >= 4 is 49.2 Å². The number of ketones is 1. The van der Waals surface area contributed by atoms with Gasteiger partial charge in [-0.1, -0.05) is 33.6 Å². The van der Waals surface area contributed by atoms with Gasteiger partial charge in [0.1, 0.15) is 0 Å². The number of carbonyl (C=O) groups excluding carboxylic acids is 1. The molecule has 0 aliphatic heterocycles. The third kappa shape index (κ3) is 2.79. The Morgan fingerprint density at radius 2 is 2.15 bits per heavy atom. The SMILES string of the molecule is O=C(CCBr)c1cccc(Br)c1Cl. The average molecular weight is 326 g/mol. The van der Waals surface area contributed by atoms with Gasteiger partial charge in [0.15, 0.2) is 5.78 Å². The van der Waals surface area contributed by atoms with Gasteiger partial charge in [0.2, 0.25) is 0 Å². The average Bonchev–Trinajstić information content (AvgIpc) is 2.10. The molecular formula is C9H7Br2ClO. The summed E-state index contributed by atoms with van der Waals surface area (Å²) in [5.41, 5.74) is 0.579. The summed E-state index contributed by atoms with van der Waals surface area (Å²) in [5, 5.41) is 1.16. The number of carbonyl (C=O) groups is 1. The van der Waals surface area contributed by atoms with E-state index in [9.17, 15) is 4.79 Å². The van der Waals surface area contributed by atoms with Crippen LogP contribution in [0.2, 0.25) is 5.02 Å². The number of hydrogen-bond donors (Lipinski definition) is 0. The highest BCUT2D eigenvalue weighted by Gasteiger charge is 2.10. The molecule has 13 heavy (non-hydrogen) atoms. The predicted molar refractivity (Wildman–Crippen MR) is 61.9 cm³/mol. The molecule has 0 amide bonds. The molecule has 0 aromatic heterocycles. The van der Waals surface area contributed by atoms with E-state index < -0.39 is 0 Å². The fourth-order valence-corrected chi connectivity index (χ4v) is 1.90. The molecule has 1 aromatic carbocycles. The molecule has 0 saturated carbocycles. The first-order valence-electron chi connectivity index (χ1n) is 3.70. The van der Waals surface area contributed by atoms with Gasteiger partial charge in [-0.3, -0.25) is 4.79 Å². The van der Waals surface area contributed by atoms with E-state index >= 15 is 0 Å². The summed E-state index contributed by atoms with van der Waals surface area (Å²) in [6, 6.07) is 5.35. The van der Waals surface area contributed by atoms with Gasteiger partial charge < -0.3 is 0 Å². The van der Waals surface area contributed by atoms with E-state index in [0.29, 0.717) is 22.3 Å². The summed E-state index contributed by atoms with van der Waals surface area (Å²) in [4.78, 5) is 11.5. The molecule has 1 rings (SSSR count). The largest absolute Gasteiger partial charge is 0.294 e. The number of Topliss-reactive ketones (excluding diaryl/α,β-unsaturated/α-hetero) is 1. The Kier molecular flexibility index (Phi) is 4.42. The molecule has 0 radical (unpaired) electrons. The monoisotopic (exact) mass is 324 g/mol. The van der Waals surface area contributed by atoms with E-state index in [-0.39, 0.29) is 5.78 Å². The van der Waals surface area contributed by atoms with Crippen LogP contribution in [0.5, 0.6) is 0 Å². The molecule has 4 heteroatoms. The molecule has 0 atom stereocenters. The molecule has 0 fully saturated rings. The van der Waals surface area contributed by atoms with E-state index in [2.05, 4.69) is 31.9 Å². The lowest BCUT2D eigenvalue weighted by atomic mass is 10.1. The highest BCUT2D eigenvalue weighted by molar-refractivity contribution is 9.10. The van der Waals surface area contributed by atoms with Crippen LogP contribution in [0.3, 0.4) is 0 Å². The topological polar surface area (TPSA) is 17.1 Å². The van der Waals surface area contributed by atoms with Crippen LogP contribution < -0.4 is 0 Å². The smallest absolute Gasteiger partial charge is 0.165 e. The Balaban J connectivity index is 3.01. The van der Waals surface area contributed by atoms with Crippen molar-refractivity contribution < 1.29 is 4.79 Å². The van der Waals surface area contributed by atoms with Gasteiger partial charge in [0, 0.05) is 21.8 Å². The second-order valence-corrected chi connectivity index (χ2v) is 4.49. The maximum Gasteiger partial charge on any atom is 0.165 e. The Hall–Kier alpha value is 0.140. The standard InChI is InChI=1S/C9H7Br2ClO/c10-5-4-8(13)6-2-1-3-7(11)9(6)12/h1-3H,4-5H2. The van der Waals surface area contributed by atoms with E-state index in [0.717, 1.165) is 4.47 Å². The fraction of sp³-hybridized carbons (Fsp3) is 0.222. The number of benzene rings is 1. The van der Waals surface area contributed by atoms with Crippen LogP contribution in [0.15, 0.2) is 22.7 Å². The van der Waals surface area contributed by atoms with Crippen molar-refractivity contribution in [1.29, 1.82) is 0 Å². The lowest BCUT2D eigenvalue weighted by Crippen LogP contribution is -2.00. The molecule has 0 bridgehead atoms. The minimum Gasteiger partial charge on any atom is -0.294 e. The second kappa shape index (κ2) is 5.13. The van der Waals surface area contributed by atoms with Gasteiger partial charge in [-0.15, -0.1) is 0 Å². The molecule has 0 heterocycles. The summed E-state index contributed by atoms with van der Waals surface area (Å²) >= 11 is 12.4. The van der Waals surface area contributed by atoms with Gasteiger partial charge in [-0.2, -0.15) is 0 Å². The second-order valence-electron chi connectivity index (χ2n) is 2.46. The summed E-state index contributed by atoms with van der Waals surface area (Å²) in [7, 11) is 0. The Labute approximate surface area is 98.7 Å². The number of alkyl halides is 1. The maximum atomic E-state index is 11.5. The zero-order valence-electron chi connectivity index (χ0n) is 6.69. The molecule has 1 nitrogen and oxygen atoms in total. The van der Waals surface area contributed by atoms with Crippen molar-refractivity contribution in [3.8, 4) is 0 Å². The van der Waals surface area contributed by atoms with Crippen molar-refractivity contribution in [2.75, 3.05) is 5.33 Å². The maximum absolute atomic E-state index is 11.5. The number of hydrogen-bond acceptors (Lipinski definition) is 1. The Bertz CT molecular complexity index is 325. The minimum absolute atomic E-state index is 0.0585. The van der Waals surface area contributed by atoms with Crippen molar-refractivity contribution in [2.24, 2.45) is 0 Å². The van der Waals surface area contributed by atoms with Crippen LogP contribution in [0.4, 0.5) is 0 Å². The quantitative estimate of drug-likeness (QED) is 0.604. The lowest BCUT2D eigenvalue weighted by molar-refractivity contribution is 0.0990. The third-order valence-corrected chi connectivity index (χ3v) is 3.27. The van der Waals surface area contributed by atoms with Crippen molar-refractivity contribution in [2.45, 2.75) is 6.42 Å². The Morgan fingerprint density at radius 1 is 1.46 bits per heavy atom. The van der Waals surface area contributed by atoms with Gasteiger partial charge >= 0.3 is 0 Å². The van der Waals surface area contributed by atoms with Crippen LogP contribution >= 0.6 is 43.5 Å². The molecule has 0 N–H and O–H groups in total. The third-order valence-electron chi connectivity index (χ3n) is 1.57. The molecular weight excluding hydrogens is 319 g/mol. The zero-order valence-corrected chi connectivity index (χ0v) is 10.6. The first-order chi connectivity index (χ1) is 6.16. The van der Waals surface area contributed by atoms with Crippen LogP contribution in [0.25, 0.3) is 0 Å². The molecule has 0 aliphatic rings. The van der Waals surface area contributed by atoms with Crippen molar-refractivity contribution in [3.05, 3.63) is 33.3 Å². The number of rotatable bonds is 3. The van der Waals surface area contributed by atoms with E-state index in [4.69, 9.17) is 11.6 Å². The molecule has 0 aliphatic carbocycles. The van der Waals surface area contributed by atoms with Crippen LogP contribution in [0.1, 0.15) is 16.8 Å². The zero-order chi connectivity index (χ0) is 9.84. The van der Waals surface area contributed by atoms with Gasteiger partial charge in [0.25, 0.3) is 0 Å². The minimum atomic E-state index is 0.0585. The first kappa shape index (κ1) is 11.2. The summed E-state index contributed by atoms with van der Waals surface area (Å²) < 4.78 is 0.759. The molecule has 70 valence electrons. The van der Waals surface area contributed by atoms with Gasteiger partial charge in [-0.25, -0.2) is 0 Å². The summed E-state index contributed by atoms with van der Waals surface area (Å²) in [5.74, 6) is 0.0585. The lowest BCUT2D eigenvalue weighted by Gasteiger charge is -2.02. The first-order valence-corrected chi connectivity index (χ1v) is 5.99. The molecule has 1 aromatic rings. The number of halogens is 3. The Morgan fingerprint density at radius 3 is 2.77 bits per heavy atom. The van der Waals surface area contributed by atoms with Crippen molar-refractivity contribution in [3.63, 3.8) is 0 Å². The molecule has 0 saturated heterocycles. The highest BCUT2D eigenvalue weighted by Crippen LogP contribution is 2.26. The van der Waals surface area contributed by atoms with Crippen LogP contribution in [-0.2, 0) is 0 Å². The van der Waals surface area contributed by atoms with E-state index in [1.54, 1.807) is 12.1 Å². The summed E-state index contributed by atoms with van der Waals surface area (Å²) in [6.45, 7) is 0. The van der Waals surface area contributed by atoms with Gasteiger partial charge in [0.05, 0.1) is 5.02 Å². The van der Waals surface area contributed by atoms with E-state index in [1.807, 2.05) is 6.07 Å². The van der Waals surface area contributed by atoms with E-state index in [1.165, 1.54) is 0 Å². The van der Waals surface area contributed by atoms with Crippen molar-refractivity contribution in [1.82, 2.24) is 0 Å². The van der Waals surface area contributed by atoms with Gasteiger partial charge in [-0.05, 0) is 28.1 Å². The fourth-order valence-electron chi connectivity index (χ4n) is 0.940. The highest BCUT2D eigenvalue weighted by atomic mass is 79.9. The van der Waals surface area contributed by atoms with Crippen LogP contribution in [-0.4, -0.2) is 11.1 Å². The normalized spacial score (nSPS) is 10.1.